The van der Waals surface area contributed by atoms with Crippen molar-refractivity contribution in [1.82, 2.24) is 10.2 Å². The molecule has 0 radical (unpaired) electrons. The number of thioether (sulfide) groups is 1. The Labute approximate surface area is 172 Å². The third-order valence-corrected chi connectivity index (χ3v) is 5.68. The van der Waals surface area contributed by atoms with Gasteiger partial charge in [-0.3, -0.25) is 9.59 Å². The molecule has 2 amide bonds. The highest BCUT2D eigenvalue weighted by Crippen LogP contribution is 2.41. The summed E-state index contributed by atoms with van der Waals surface area (Å²) in [7, 11) is 1.57. The molecule has 8 nitrogen and oxygen atoms in total. The number of hydrogen-bond acceptors (Lipinski definition) is 7. The highest BCUT2D eigenvalue weighted by atomic mass is 32.2. The molecule has 1 aromatic heterocycles. The number of benzene rings is 1. The van der Waals surface area contributed by atoms with Crippen LogP contribution >= 0.6 is 11.8 Å². The molecule has 0 unspecified atom stereocenters. The minimum Gasteiger partial charge on any atom is -0.497 e. The zero-order valence-corrected chi connectivity index (χ0v) is 16.9. The average molecular weight is 418 g/mol. The number of furan rings is 1. The van der Waals surface area contributed by atoms with Crippen molar-refractivity contribution in [3.8, 4) is 5.75 Å². The average Bonchev–Trinajstić information content (AvgIpc) is 3.40. The third kappa shape index (κ3) is 5.11. The van der Waals surface area contributed by atoms with Gasteiger partial charge in [0.05, 0.1) is 13.4 Å². The molecule has 0 aliphatic carbocycles. The van der Waals surface area contributed by atoms with Crippen molar-refractivity contribution in [2.75, 3.05) is 19.5 Å². The van der Waals surface area contributed by atoms with Crippen molar-refractivity contribution in [2.24, 2.45) is 0 Å². The van der Waals surface area contributed by atoms with Gasteiger partial charge in [-0.15, -0.1) is 11.8 Å². The Morgan fingerprint density at radius 2 is 2.10 bits per heavy atom. The SMILES string of the molecule is COc1cccc(CNC(=O)COC(=O)[C@@H]2CS[C@H](c3ccco3)N2C(C)=O)c1. The van der Waals surface area contributed by atoms with E-state index in [4.69, 9.17) is 13.9 Å². The van der Waals surface area contributed by atoms with E-state index in [0.717, 1.165) is 5.56 Å². The van der Waals surface area contributed by atoms with E-state index in [2.05, 4.69) is 5.32 Å². The first-order chi connectivity index (χ1) is 14.0. The molecule has 154 valence electrons. The van der Waals surface area contributed by atoms with Crippen molar-refractivity contribution >= 4 is 29.5 Å². The predicted octanol–water partition coefficient (Wildman–Crippen LogP) is 2.11. The normalized spacial score (nSPS) is 18.3. The molecule has 2 atom stereocenters. The van der Waals surface area contributed by atoms with Crippen LogP contribution in [-0.2, 0) is 25.7 Å². The first-order valence-corrected chi connectivity index (χ1v) is 10.0. The number of nitrogens with zero attached hydrogens (tertiary/aromatic N) is 1. The number of nitrogens with one attached hydrogen (secondary N) is 1. The molecule has 0 spiro atoms. The third-order valence-electron chi connectivity index (χ3n) is 4.39. The van der Waals surface area contributed by atoms with Crippen molar-refractivity contribution in [3.63, 3.8) is 0 Å². The largest absolute Gasteiger partial charge is 0.497 e. The fraction of sp³-hybridized carbons (Fsp3) is 0.350. The Hall–Kier alpha value is -2.94. The monoisotopic (exact) mass is 418 g/mol. The van der Waals surface area contributed by atoms with Gasteiger partial charge in [-0.25, -0.2) is 4.79 Å². The number of carbonyl (C=O) groups is 3. The minimum absolute atomic E-state index is 0.263. The van der Waals surface area contributed by atoms with Crippen molar-refractivity contribution in [3.05, 3.63) is 54.0 Å². The Bertz CT molecular complexity index is 870. The number of rotatable bonds is 7. The van der Waals surface area contributed by atoms with Gasteiger partial charge in [0.1, 0.15) is 22.9 Å². The van der Waals surface area contributed by atoms with Gasteiger partial charge in [0, 0.05) is 19.2 Å². The molecule has 1 saturated heterocycles. The Morgan fingerprint density at radius 3 is 2.79 bits per heavy atom. The summed E-state index contributed by atoms with van der Waals surface area (Å²) in [5.74, 6) is 0.353. The maximum absolute atomic E-state index is 12.5. The summed E-state index contributed by atoms with van der Waals surface area (Å²) in [5, 5.41) is 2.30. The van der Waals surface area contributed by atoms with Gasteiger partial charge in [0.2, 0.25) is 5.91 Å². The lowest BCUT2D eigenvalue weighted by molar-refractivity contribution is -0.156. The summed E-state index contributed by atoms with van der Waals surface area (Å²) in [6.45, 7) is 1.26. The molecule has 2 heterocycles. The number of amides is 2. The molecule has 9 heteroatoms. The van der Waals surface area contributed by atoms with E-state index in [1.54, 1.807) is 19.2 Å². The van der Waals surface area contributed by atoms with Gasteiger partial charge in [-0.2, -0.15) is 0 Å². The van der Waals surface area contributed by atoms with Crippen molar-refractivity contribution < 1.29 is 28.3 Å². The highest BCUT2D eigenvalue weighted by molar-refractivity contribution is 7.99. The summed E-state index contributed by atoms with van der Waals surface area (Å²) >= 11 is 1.42. The van der Waals surface area contributed by atoms with Gasteiger partial charge in [0.25, 0.3) is 5.91 Å². The molecule has 29 heavy (non-hydrogen) atoms. The summed E-state index contributed by atoms with van der Waals surface area (Å²) in [6, 6.07) is 10.0. The van der Waals surface area contributed by atoms with Crippen molar-refractivity contribution in [2.45, 2.75) is 24.9 Å². The van der Waals surface area contributed by atoms with Crippen LogP contribution in [0.4, 0.5) is 0 Å². The number of ether oxygens (including phenoxy) is 2. The molecule has 0 saturated carbocycles. The maximum atomic E-state index is 12.5. The molecular weight excluding hydrogens is 396 g/mol. The van der Waals surface area contributed by atoms with Gasteiger partial charge >= 0.3 is 5.97 Å². The highest BCUT2D eigenvalue weighted by Gasteiger charge is 2.43. The molecule has 3 rings (SSSR count). The van der Waals surface area contributed by atoms with Gasteiger partial charge in [-0.1, -0.05) is 12.1 Å². The second kappa shape index (κ2) is 9.51. The smallest absolute Gasteiger partial charge is 0.330 e. The van der Waals surface area contributed by atoms with E-state index in [1.807, 2.05) is 24.3 Å². The molecule has 0 bridgehead atoms. The fourth-order valence-electron chi connectivity index (χ4n) is 2.99. The summed E-state index contributed by atoms with van der Waals surface area (Å²) in [4.78, 5) is 38.0. The number of methoxy groups -OCH3 is 1. The van der Waals surface area contributed by atoms with E-state index in [9.17, 15) is 14.4 Å². The van der Waals surface area contributed by atoms with Crippen molar-refractivity contribution in [1.29, 1.82) is 0 Å². The van der Waals surface area contributed by atoms with Gasteiger partial charge in [0.15, 0.2) is 6.61 Å². The van der Waals surface area contributed by atoms with Crippen LogP contribution in [0.1, 0.15) is 23.6 Å². The Balaban J connectivity index is 1.51. The standard InChI is InChI=1S/C20H22N2O6S/c1-13(23)22-16(12-29-19(22)17-7-4-8-27-17)20(25)28-11-18(24)21-10-14-5-3-6-15(9-14)26-2/h3-9,16,19H,10-12H2,1-2H3,(H,21,24)/t16-,19+/m0/s1. The molecular formula is C20H22N2O6S. The van der Waals surface area contributed by atoms with Crippen LogP contribution < -0.4 is 10.1 Å². The quantitative estimate of drug-likeness (QED) is 0.688. The minimum atomic E-state index is -0.765. The van der Waals surface area contributed by atoms with Crippen LogP contribution in [0, 0.1) is 0 Å². The first-order valence-electron chi connectivity index (χ1n) is 8.99. The van der Waals surface area contributed by atoms with E-state index in [-0.39, 0.29) is 17.8 Å². The molecule has 1 aliphatic heterocycles. The predicted molar refractivity (Wildman–Crippen MR) is 106 cm³/mol. The van der Waals surface area contributed by atoms with Crippen LogP contribution in [0.2, 0.25) is 0 Å². The van der Waals surface area contributed by atoms with Crippen LogP contribution in [0.25, 0.3) is 0 Å². The summed E-state index contributed by atoms with van der Waals surface area (Å²) in [5.41, 5.74) is 0.861. The van der Waals surface area contributed by atoms with Gasteiger partial charge < -0.3 is 24.1 Å². The van der Waals surface area contributed by atoms with Crippen LogP contribution in [0.15, 0.2) is 47.1 Å². The zero-order chi connectivity index (χ0) is 20.8. The fourth-order valence-corrected chi connectivity index (χ4v) is 4.41. The lowest BCUT2D eigenvalue weighted by Gasteiger charge is -2.25. The van der Waals surface area contributed by atoms with E-state index in [0.29, 0.717) is 17.3 Å². The summed E-state index contributed by atoms with van der Waals surface area (Å²) in [6.07, 6.45) is 1.52. The Kier molecular flexibility index (Phi) is 6.82. The van der Waals surface area contributed by atoms with E-state index < -0.39 is 24.5 Å². The number of hydrogen-bond donors (Lipinski definition) is 1. The zero-order valence-electron chi connectivity index (χ0n) is 16.1. The second-order valence-electron chi connectivity index (χ2n) is 6.38. The Morgan fingerprint density at radius 1 is 1.28 bits per heavy atom. The lowest BCUT2D eigenvalue weighted by Crippen LogP contribution is -2.43. The molecule has 1 fully saturated rings. The summed E-state index contributed by atoms with van der Waals surface area (Å²) < 4.78 is 15.7. The van der Waals surface area contributed by atoms with E-state index >= 15 is 0 Å². The molecule has 1 aromatic carbocycles. The number of carbonyl (C=O) groups excluding carboxylic acids is 3. The molecule has 1 N–H and O–H groups in total. The van der Waals surface area contributed by atoms with Crippen LogP contribution in [0.5, 0.6) is 5.75 Å². The topological polar surface area (TPSA) is 98.1 Å². The van der Waals surface area contributed by atoms with Crippen LogP contribution in [0.3, 0.4) is 0 Å². The first kappa shape index (κ1) is 20.8. The lowest BCUT2D eigenvalue weighted by atomic mass is 10.2. The maximum Gasteiger partial charge on any atom is 0.330 e. The number of esters is 1. The second-order valence-corrected chi connectivity index (χ2v) is 7.49. The van der Waals surface area contributed by atoms with Gasteiger partial charge in [-0.05, 0) is 29.8 Å². The van der Waals surface area contributed by atoms with Crippen LogP contribution in [-0.4, -0.2) is 48.2 Å². The molecule has 2 aromatic rings. The van der Waals surface area contributed by atoms with E-state index in [1.165, 1.54) is 29.8 Å². The molecule has 1 aliphatic rings.